The first kappa shape index (κ1) is 13.3. The van der Waals surface area contributed by atoms with E-state index in [1.54, 1.807) is 0 Å². The first-order valence-electron chi connectivity index (χ1n) is 7.36. The number of phenolic OH excluding ortho intramolecular Hbond substituents is 2. The first-order chi connectivity index (χ1) is 9.41. The second kappa shape index (κ2) is 4.41. The predicted octanol–water partition coefficient (Wildman–Crippen LogP) is 4.72. The summed E-state index contributed by atoms with van der Waals surface area (Å²) in [5.74, 6) is 1.03. The van der Waals surface area contributed by atoms with Gasteiger partial charge in [-0.25, -0.2) is 0 Å². The van der Waals surface area contributed by atoms with Crippen molar-refractivity contribution in [3.63, 3.8) is 0 Å². The largest absolute Gasteiger partial charge is 0.507 e. The number of hydrogen-bond donors (Lipinski definition) is 2. The molecule has 1 aliphatic carbocycles. The fraction of sp³-hybridized carbons (Fsp3) is 0.444. The average molecular weight is 270 g/mol. The first-order valence-corrected chi connectivity index (χ1v) is 7.36. The second-order valence-electron chi connectivity index (χ2n) is 6.95. The van der Waals surface area contributed by atoms with E-state index in [0.717, 1.165) is 41.2 Å². The third-order valence-electron chi connectivity index (χ3n) is 4.62. The zero-order chi connectivity index (χ0) is 14.5. The topological polar surface area (TPSA) is 40.5 Å². The maximum Gasteiger partial charge on any atom is 0.127 e. The van der Waals surface area contributed by atoms with Crippen LogP contribution in [0.3, 0.4) is 0 Å². The number of rotatable bonds is 0. The van der Waals surface area contributed by atoms with E-state index in [0.29, 0.717) is 17.4 Å². The van der Waals surface area contributed by atoms with E-state index in [1.165, 1.54) is 0 Å². The van der Waals surface area contributed by atoms with Crippen molar-refractivity contribution in [2.45, 2.75) is 46.0 Å². The summed E-state index contributed by atoms with van der Waals surface area (Å²) in [4.78, 5) is 0. The third kappa shape index (κ3) is 1.86. The van der Waals surface area contributed by atoms with Gasteiger partial charge in [-0.2, -0.15) is 0 Å². The molecule has 1 unspecified atom stereocenters. The van der Waals surface area contributed by atoms with Crippen molar-refractivity contribution < 1.29 is 10.2 Å². The maximum atomic E-state index is 10.7. The fourth-order valence-electron chi connectivity index (χ4n) is 3.60. The minimum atomic E-state index is 0.0849. The molecule has 1 aliphatic rings. The van der Waals surface area contributed by atoms with Crippen LogP contribution >= 0.6 is 0 Å². The van der Waals surface area contributed by atoms with Crippen LogP contribution in [-0.4, -0.2) is 10.2 Å². The van der Waals surface area contributed by atoms with Gasteiger partial charge in [0.2, 0.25) is 0 Å². The normalized spacial score (nSPS) is 19.1. The Morgan fingerprint density at radius 1 is 1.00 bits per heavy atom. The highest BCUT2D eigenvalue weighted by Crippen LogP contribution is 2.52. The van der Waals surface area contributed by atoms with Crippen LogP contribution in [0.15, 0.2) is 24.3 Å². The highest BCUT2D eigenvalue weighted by molar-refractivity contribution is 5.95. The third-order valence-corrected chi connectivity index (χ3v) is 4.62. The lowest BCUT2D eigenvalue weighted by atomic mass is 9.68. The quantitative estimate of drug-likeness (QED) is 0.680. The van der Waals surface area contributed by atoms with E-state index < -0.39 is 0 Å². The van der Waals surface area contributed by atoms with Crippen LogP contribution in [0.2, 0.25) is 0 Å². The Bertz CT molecular complexity index is 665. The molecule has 0 bridgehead atoms. The average Bonchev–Trinajstić information content (AvgIpc) is 2.43. The van der Waals surface area contributed by atoms with Gasteiger partial charge in [-0.15, -0.1) is 0 Å². The lowest BCUT2D eigenvalue weighted by molar-refractivity contribution is 0.280. The molecule has 2 heteroatoms. The molecule has 0 heterocycles. The van der Waals surface area contributed by atoms with Gasteiger partial charge in [-0.1, -0.05) is 45.0 Å². The summed E-state index contributed by atoms with van der Waals surface area (Å²) in [5, 5.41) is 22.9. The molecule has 106 valence electrons. The van der Waals surface area contributed by atoms with Gasteiger partial charge in [0.25, 0.3) is 0 Å². The van der Waals surface area contributed by atoms with Gasteiger partial charge in [0, 0.05) is 21.9 Å². The summed E-state index contributed by atoms with van der Waals surface area (Å²) in [7, 11) is 0. The molecule has 1 atom stereocenters. The molecule has 2 nitrogen and oxygen atoms in total. The van der Waals surface area contributed by atoms with E-state index >= 15 is 0 Å². The Kier molecular flexibility index (Phi) is 2.93. The van der Waals surface area contributed by atoms with Crippen molar-refractivity contribution in [1.29, 1.82) is 0 Å². The van der Waals surface area contributed by atoms with Gasteiger partial charge in [-0.05, 0) is 30.6 Å². The smallest absolute Gasteiger partial charge is 0.127 e. The Morgan fingerprint density at radius 2 is 1.60 bits per heavy atom. The van der Waals surface area contributed by atoms with Crippen molar-refractivity contribution in [3.8, 4) is 11.5 Å². The molecule has 2 aromatic rings. The van der Waals surface area contributed by atoms with Crippen molar-refractivity contribution in [2.24, 2.45) is 5.41 Å². The number of aromatic hydroxyl groups is 2. The molecule has 2 N–H and O–H groups in total. The molecule has 20 heavy (non-hydrogen) atoms. The minimum absolute atomic E-state index is 0.0849. The van der Waals surface area contributed by atoms with Crippen molar-refractivity contribution in [3.05, 3.63) is 35.4 Å². The van der Waals surface area contributed by atoms with Crippen LogP contribution in [0.4, 0.5) is 0 Å². The van der Waals surface area contributed by atoms with E-state index in [1.807, 2.05) is 24.3 Å². The minimum Gasteiger partial charge on any atom is -0.507 e. The zero-order valence-electron chi connectivity index (χ0n) is 12.4. The van der Waals surface area contributed by atoms with Gasteiger partial charge in [0.1, 0.15) is 11.5 Å². The molecule has 0 radical (unpaired) electrons. The number of phenols is 2. The molecule has 0 spiro atoms. The number of hydrogen-bond acceptors (Lipinski definition) is 2. The van der Waals surface area contributed by atoms with E-state index in [4.69, 9.17) is 0 Å². The summed E-state index contributed by atoms with van der Waals surface area (Å²) in [6, 6.07) is 7.57. The maximum absolute atomic E-state index is 10.7. The van der Waals surface area contributed by atoms with Gasteiger partial charge < -0.3 is 10.2 Å². The monoisotopic (exact) mass is 270 g/mol. The van der Waals surface area contributed by atoms with Gasteiger partial charge in [0.05, 0.1) is 0 Å². The Balaban J connectivity index is 2.37. The number of benzene rings is 2. The molecule has 0 amide bonds. The molecule has 2 aromatic carbocycles. The molecular weight excluding hydrogens is 248 g/mol. The fourth-order valence-corrected chi connectivity index (χ4v) is 3.60. The SMILES string of the molecule is CC(C)(C)C1CCCc2c1c(O)c1ccccc1c2O. The summed E-state index contributed by atoms with van der Waals surface area (Å²) >= 11 is 0. The van der Waals surface area contributed by atoms with Crippen molar-refractivity contribution in [2.75, 3.05) is 0 Å². The van der Waals surface area contributed by atoms with Crippen LogP contribution in [0, 0.1) is 5.41 Å². The summed E-state index contributed by atoms with van der Waals surface area (Å²) in [5.41, 5.74) is 2.01. The molecule has 0 fully saturated rings. The summed E-state index contributed by atoms with van der Waals surface area (Å²) in [6.45, 7) is 6.62. The highest BCUT2D eigenvalue weighted by Gasteiger charge is 2.35. The van der Waals surface area contributed by atoms with Crippen LogP contribution in [0.25, 0.3) is 10.8 Å². The lowest BCUT2D eigenvalue weighted by Gasteiger charge is -2.37. The van der Waals surface area contributed by atoms with Gasteiger partial charge >= 0.3 is 0 Å². The predicted molar refractivity (Wildman–Crippen MR) is 82.4 cm³/mol. The lowest BCUT2D eigenvalue weighted by Crippen LogP contribution is -2.23. The van der Waals surface area contributed by atoms with Crippen LogP contribution in [-0.2, 0) is 6.42 Å². The molecular formula is C18H22O2. The molecule has 0 aromatic heterocycles. The summed E-state index contributed by atoms with van der Waals surface area (Å²) in [6.07, 6.45) is 2.99. The Labute approximate surface area is 120 Å². The van der Waals surface area contributed by atoms with E-state index in [2.05, 4.69) is 20.8 Å². The van der Waals surface area contributed by atoms with Crippen LogP contribution < -0.4 is 0 Å². The molecule has 3 rings (SSSR count). The van der Waals surface area contributed by atoms with Crippen LogP contribution in [0.5, 0.6) is 11.5 Å². The summed E-state index contributed by atoms with van der Waals surface area (Å²) < 4.78 is 0. The van der Waals surface area contributed by atoms with Gasteiger partial charge in [0.15, 0.2) is 0 Å². The Hall–Kier alpha value is -1.70. The van der Waals surface area contributed by atoms with E-state index in [-0.39, 0.29) is 5.41 Å². The highest BCUT2D eigenvalue weighted by atomic mass is 16.3. The molecule has 0 saturated carbocycles. The molecule has 0 aliphatic heterocycles. The standard InChI is InChI=1S/C18H22O2/c1-18(2,3)14-10-6-9-13-15(14)17(20)12-8-5-4-7-11(12)16(13)19/h4-5,7-8,14,19-20H,6,9-10H2,1-3H3. The van der Waals surface area contributed by atoms with E-state index in [9.17, 15) is 10.2 Å². The zero-order valence-corrected chi connectivity index (χ0v) is 12.4. The van der Waals surface area contributed by atoms with Gasteiger partial charge in [-0.3, -0.25) is 0 Å². The van der Waals surface area contributed by atoms with Crippen LogP contribution in [0.1, 0.15) is 50.7 Å². The number of fused-ring (bicyclic) bond motifs is 2. The Morgan fingerprint density at radius 3 is 2.20 bits per heavy atom. The molecule has 0 saturated heterocycles. The second-order valence-corrected chi connectivity index (χ2v) is 6.95. The van der Waals surface area contributed by atoms with Crippen molar-refractivity contribution >= 4 is 10.8 Å². The van der Waals surface area contributed by atoms with Crippen molar-refractivity contribution in [1.82, 2.24) is 0 Å².